The van der Waals surface area contributed by atoms with E-state index >= 15 is 0 Å². The number of benzene rings is 4. The van der Waals surface area contributed by atoms with Crippen molar-refractivity contribution in [3.8, 4) is 23.0 Å². The molecule has 4 aromatic carbocycles. The van der Waals surface area contributed by atoms with Gasteiger partial charge in [-0.05, 0) is 245 Å². The molecule has 0 amide bonds. The fraction of sp³-hybridized carbons (Fsp3) is 0.200. The summed E-state index contributed by atoms with van der Waals surface area (Å²) in [5.74, 6) is 3.42. The normalized spacial score (nSPS) is 18.8. The molecule has 16 bridgehead atoms. The van der Waals surface area contributed by atoms with E-state index in [1.165, 1.54) is 0 Å². The van der Waals surface area contributed by atoms with Gasteiger partial charge in [0.25, 0.3) is 0 Å². The molecule has 4 N–H and O–H groups in total. The Balaban J connectivity index is 0.665. The van der Waals surface area contributed by atoms with Crippen molar-refractivity contribution in [2.24, 2.45) is 20.0 Å². The molecule has 0 unspecified atom stereocenters. The maximum atomic E-state index is 6.23. The van der Waals surface area contributed by atoms with Crippen LogP contribution in [0.25, 0.3) is 22.3 Å². The quantitative estimate of drug-likeness (QED) is 0.128. The predicted molar refractivity (Wildman–Crippen MR) is 375 cm³/mol. The van der Waals surface area contributed by atoms with Gasteiger partial charge in [-0.1, -0.05) is 72.8 Å². The Kier molecular flexibility index (Phi) is 19.8. The van der Waals surface area contributed by atoms with Crippen LogP contribution in [0, 0.1) is 0 Å². The summed E-state index contributed by atoms with van der Waals surface area (Å²) in [7, 11) is 0. The molecule has 0 aliphatic carbocycles. The van der Waals surface area contributed by atoms with Crippen molar-refractivity contribution in [2.75, 3.05) is 26.4 Å². The van der Waals surface area contributed by atoms with Gasteiger partial charge in [-0.15, -0.1) is 0 Å². The van der Waals surface area contributed by atoms with Gasteiger partial charge in [0.05, 0.1) is 72.0 Å². The van der Waals surface area contributed by atoms with E-state index in [2.05, 4.69) is 214 Å². The molecule has 12 nitrogen and oxygen atoms in total. The van der Waals surface area contributed by atoms with Crippen LogP contribution < -0.4 is 18.9 Å². The monoisotopic (exact) mass is 1210 g/mol. The molecule has 0 atom stereocenters. The highest BCUT2D eigenvalue weighted by molar-refractivity contribution is 6.12. The van der Waals surface area contributed by atoms with E-state index in [-0.39, 0.29) is 0 Å². The van der Waals surface area contributed by atoms with Crippen LogP contribution in [0.5, 0.6) is 23.0 Å². The zero-order valence-corrected chi connectivity index (χ0v) is 51.8. The molecule has 460 valence electrons. The summed E-state index contributed by atoms with van der Waals surface area (Å²) < 4.78 is 24.9. The molecule has 0 saturated heterocycles. The maximum Gasteiger partial charge on any atom is 0.119 e. The number of rotatable bonds is 2. The van der Waals surface area contributed by atoms with Gasteiger partial charge in [0, 0.05) is 69.9 Å². The molecule has 15 heterocycles. The molecule has 8 aromatic rings. The van der Waals surface area contributed by atoms with Crippen molar-refractivity contribution < 1.29 is 18.9 Å². The van der Waals surface area contributed by atoms with Crippen LogP contribution in [0.2, 0.25) is 0 Å². The van der Waals surface area contributed by atoms with E-state index < -0.39 is 0 Å². The number of aromatic nitrogens is 4. The first kappa shape index (κ1) is 60.2. The lowest BCUT2D eigenvalue weighted by atomic mass is 10.0. The smallest absolute Gasteiger partial charge is 0.119 e. The lowest BCUT2D eigenvalue weighted by Crippen LogP contribution is -1.99. The van der Waals surface area contributed by atoms with Crippen molar-refractivity contribution in [2.45, 2.75) is 77.0 Å². The molecule has 11 aliphatic heterocycles. The second-order valence-electron chi connectivity index (χ2n) is 23.1. The highest BCUT2D eigenvalue weighted by Crippen LogP contribution is 2.37. The molecule has 4 aromatic heterocycles. The van der Waals surface area contributed by atoms with E-state index in [0.717, 1.165) is 213 Å². The number of nitrogens with zero attached hydrogens (tertiary/aromatic N) is 4. The minimum Gasteiger partial charge on any atom is -0.494 e. The first-order chi connectivity index (χ1) is 45.6. The van der Waals surface area contributed by atoms with Gasteiger partial charge in [0.15, 0.2) is 0 Å². The number of aromatic amines is 4. The summed E-state index contributed by atoms with van der Waals surface area (Å²) in [6.07, 6.45) is 45.5. The first-order valence-corrected chi connectivity index (χ1v) is 32.5. The van der Waals surface area contributed by atoms with E-state index in [9.17, 15) is 0 Å². The Morgan fingerprint density at radius 1 is 0.293 bits per heavy atom. The largest absolute Gasteiger partial charge is 0.494 e. The predicted octanol–water partition coefficient (Wildman–Crippen LogP) is 18.5. The molecular formula is C80H76N8O4. The van der Waals surface area contributed by atoms with Crippen molar-refractivity contribution in [1.29, 1.82) is 0 Å². The number of allylic oxidation sites excluding steroid dienone is 12. The molecule has 19 rings (SSSR count). The molecule has 0 saturated carbocycles. The van der Waals surface area contributed by atoms with Crippen LogP contribution in [-0.4, -0.2) is 70.2 Å². The number of hydrogen-bond donors (Lipinski definition) is 4. The number of ether oxygens (including phenoxy) is 4. The summed E-state index contributed by atoms with van der Waals surface area (Å²) in [5.41, 5.74) is 19.3. The first-order valence-electron chi connectivity index (χ1n) is 32.5. The third-order valence-corrected chi connectivity index (χ3v) is 16.6. The minimum absolute atomic E-state index is 0.662. The third-order valence-electron chi connectivity index (χ3n) is 16.6. The maximum absolute atomic E-state index is 6.23. The summed E-state index contributed by atoms with van der Waals surface area (Å²) >= 11 is 0. The van der Waals surface area contributed by atoms with Crippen molar-refractivity contribution in [3.63, 3.8) is 0 Å². The zero-order chi connectivity index (χ0) is 61.9. The van der Waals surface area contributed by atoms with Crippen molar-refractivity contribution in [1.82, 2.24) is 19.9 Å². The van der Waals surface area contributed by atoms with Gasteiger partial charge in [0.1, 0.15) is 23.0 Å². The topological polar surface area (TPSA) is 150 Å². The fourth-order valence-electron chi connectivity index (χ4n) is 11.9. The Morgan fingerprint density at radius 2 is 0.620 bits per heavy atom. The van der Waals surface area contributed by atoms with E-state index in [4.69, 9.17) is 38.9 Å². The molecule has 0 spiro atoms. The Labute approximate surface area is 538 Å². The second kappa shape index (κ2) is 30.2. The standard InChI is InChI=1S/C80H76N8O4/c1-2-6-10-14-54-90-62-35-27-58(28-36-62)78(70-22-18-50-82-70)74-46-42-67(86-74)68-44-48-76(88-68)80(72-24-20-52-84-72)60-31-39-64(40-32-60)92-56-16-12-8-4-3-7-11-15-55-91-63-37-29-59(30-38-63)79(71-23-19-51-83-71)75-47-43-66(87-75)65-41-45-73(85-65)77(69-21-17-49-81-69)57-25-33-61(34-26-57)89-53-13-9-5-1/h1-4,17-52,81-82,87-88H,5-16,53-56H2/b2-1?,4-3?,77-73?,78-74?,79-71-,80-72+. The lowest BCUT2D eigenvalue weighted by Gasteiger charge is -2.11. The van der Waals surface area contributed by atoms with Gasteiger partial charge in [-0.25, -0.2) is 9.98 Å². The number of hydrogen-bond acceptors (Lipinski definition) is 8. The highest BCUT2D eigenvalue weighted by atomic mass is 16.5. The summed E-state index contributed by atoms with van der Waals surface area (Å²) in [6.45, 7) is 2.65. The van der Waals surface area contributed by atoms with Crippen molar-refractivity contribution in [3.05, 3.63) is 310 Å². The average Bonchev–Trinajstić information content (AvgIpc) is 2.07. The molecule has 0 fully saturated rings. The van der Waals surface area contributed by atoms with Gasteiger partial charge in [-0.3, -0.25) is 9.98 Å². The third kappa shape index (κ3) is 15.1. The number of aliphatic imine (C=N–C) groups is 4. The summed E-state index contributed by atoms with van der Waals surface area (Å²) in [6, 6.07) is 50.1. The zero-order valence-electron chi connectivity index (χ0n) is 51.8. The highest BCUT2D eigenvalue weighted by Gasteiger charge is 2.22. The molecule has 0 radical (unpaired) electrons. The van der Waals surface area contributed by atoms with Gasteiger partial charge < -0.3 is 38.9 Å². The lowest BCUT2D eigenvalue weighted by molar-refractivity contribution is 0.306. The number of nitrogens with one attached hydrogen (secondary N) is 4. The molecular weight excluding hydrogens is 1140 g/mol. The van der Waals surface area contributed by atoms with Crippen LogP contribution in [0.3, 0.4) is 0 Å². The summed E-state index contributed by atoms with van der Waals surface area (Å²) in [5, 5.41) is 0. The van der Waals surface area contributed by atoms with Crippen LogP contribution in [0.4, 0.5) is 0 Å². The Morgan fingerprint density at radius 3 is 0.924 bits per heavy atom. The minimum atomic E-state index is 0.662. The Hall–Kier alpha value is -10.7. The second-order valence-corrected chi connectivity index (χ2v) is 23.1. The average molecular weight is 1210 g/mol. The van der Waals surface area contributed by atoms with Crippen molar-refractivity contribution >= 4 is 46.1 Å². The molecule has 12 heteroatoms. The fourth-order valence-corrected chi connectivity index (χ4v) is 11.9. The van der Waals surface area contributed by atoms with Crippen LogP contribution in [0.1, 0.15) is 133 Å². The molecule has 11 aliphatic rings. The van der Waals surface area contributed by atoms with Crippen LogP contribution in [-0.2, 0) is 0 Å². The van der Waals surface area contributed by atoms with E-state index in [0.29, 0.717) is 26.4 Å². The molecule has 92 heavy (non-hydrogen) atoms. The Bertz CT molecular complexity index is 3970. The van der Waals surface area contributed by atoms with E-state index in [1.54, 1.807) is 0 Å². The number of H-pyrrole nitrogens is 4. The van der Waals surface area contributed by atoms with Gasteiger partial charge >= 0.3 is 0 Å². The SMILES string of the molecule is C1=C/C(=C2\c3ccc(cc3)OCCCCC=CCCCCOc3ccc(cc3)/C(=C3/C=CC=N3)c3ccc([nH]3)C3=NC(=C(c4ccc[nH]4)c4ccc(cc4)OCCCCC=CCCCCOc4ccc(cc4)C(c4ccc[nH]4)=C4C=CC(=N4)c4ccc2[nH]4)C=C3)N=C1. The summed E-state index contributed by atoms with van der Waals surface area (Å²) in [4.78, 5) is 34.1. The van der Waals surface area contributed by atoms with Crippen LogP contribution in [0.15, 0.2) is 274 Å². The van der Waals surface area contributed by atoms with Gasteiger partial charge in [0.2, 0.25) is 0 Å². The van der Waals surface area contributed by atoms with Gasteiger partial charge in [-0.2, -0.15) is 0 Å². The van der Waals surface area contributed by atoms with E-state index in [1.807, 2.05) is 49.1 Å². The van der Waals surface area contributed by atoms with Crippen LogP contribution >= 0.6 is 0 Å².